The van der Waals surface area contributed by atoms with Crippen LogP contribution in [0.1, 0.15) is 34.5 Å². The Morgan fingerprint density at radius 3 is 2.40 bits per heavy atom. The largest absolute Gasteiger partial charge is 0.508 e. The van der Waals surface area contributed by atoms with Crippen molar-refractivity contribution in [2.45, 2.75) is 19.9 Å². The highest BCUT2D eigenvalue weighted by atomic mass is 16.3. The van der Waals surface area contributed by atoms with Crippen molar-refractivity contribution in [3.63, 3.8) is 0 Å². The molecule has 1 unspecified atom stereocenters. The normalized spacial score (nSPS) is 11.9. The Kier molecular flexibility index (Phi) is 4.05. The van der Waals surface area contributed by atoms with Gasteiger partial charge in [-0.2, -0.15) is 0 Å². The maximum Gasteiger partial charge on any atom is 0.255 e. The molecule has 1 atom stereocenters. The van der Waals surface area contributed by atoms with E-state index in [1.807, 2.05) is 31.2 Å². The molecule has 20 heavy (non-hydrogen) atoms. The number of hydrogen-bond donors (Lipinski definition) is 3. The lowest BCUT2D eigenvalue weighted by molar-refractivity contribution is 0.102. The summed E-state index contributed by atoms with van der Waals surface area (Å²) in [7, 11) is 0. The number of phenolic OH excluding ortho intramolecular Hbond substituents is 1. The van der Waals surface area contributed by atoms with Crippen LogP contribution in [0.3, 0.4) is 0 Å². The lowest BCUT2D eigenvalue weighted by Crippen LogP contribution is -2.13. The molecule has 2 rings (SSSR count). The number of amides is 1. The highest BCUT2D eigenvalue weighted by Crippen LogP contribution is 2.18. The average molecular weight is 270 g/mol. The molecule has 4 nitrogen and oxygen atoms in total. The average Bonchev–Trinajstić information content (AvgIpc) is 2.39. The molecular weight excluding hydrogens is 252 g/mol. The van der Waals surface area contributed by atoms with Gasteiger partial charge < -0.3 is 16.2 Å². The van der Waals surface area contributed by atoms with Crippen LogP contribution in [0.4, 0.5) is 5.69 Å². The SMILES string of the molecule is Cc1cc(O)ccc1C(=O)Nc1ccc(C(C)N)cc1. The molecule has 2 aromatic rings. The van der Waals surface area contributed by atoms with Gasteiger partial charge in [-0.05, 0) is 55.3 Å². The summed E-state index contributed by atoms with van der Waals surface area (Å²) in [6.07, 6.45) is 0. The molecule has 1 amide bonds. The van der Waals surface area contributed by atoms with Crippen molar-refractivity contribution in [3.05, 3.63) is 59.2 Å². The second kappa shape index (κ2) is 5.75. The molecule has 0 saturated heterocycles. The van der Waals surface area contributed by atoms with E-state index in [1.54, 1.807) is 19.1 Å². The molecule has 0 heterocycles. The first-order valence-corrected chi connectivity index (χ1v) is 6.44. The highest BCUT2D eigenvalue weighted by molar-refractivity contribution is 6.05. The zero-order valence-corrected chi connectivity index (χ0v) is 11.6. The van der Waals surface area contributed by atoms with Gasteiger partial charge in [0.25, 0.3) is 5.91 Å². The van der Waals surface area contributed by atoms with Crippen LogP contribution in [0, 0.1) is 6.92 Å². The fourth-order valence-electron chi connectivity index (χ4n) is 1.97. The van der Waals surface area contributed by atoms with Gasteiger partial charge in [0.1, 0.15) is 5.75 Å². The van der Waals surface area contributed by atoms with Crippen molar-refractivity contribution >= 4 is 11.6 Å². The van der Waals surface area contributed by atoms with Gasteiger partial charge in [-0.1, -0.05) is 12.1 Å². The van der Waals surface area contributed by atoms with Gasteiger partial charge in [0.15, 0.2) is 0 Å². The summed E-state index contributed by atoms with van der Waals surface area (Å²) in [6, 6.07) is 12.1. The van der Waals surface area contributed by atoms with Crippen LogP contribution in [0.5, 0.6) is 5.75 Å². The van der Waals surface area contributed by atoms with Gasteiger partial charge in [-0.15, -0.1) is 0 Å². The zero-order chi connectivity index (χ0) is 14.7. The predicted octanol–water partition coefficient (Wildman–Crippen LogP) is 2.97. The number of rotatable bonds is 3. The number of carbonyl (C=O) groups is 1. The van der Waals surface area contributed by atoms with Gasteiger partial charge >= 0.3 is 0 Å². The van der Waals surface area contributed by atoms with Crippen LogP contribution >= 0.6 is 0 Å². The zero-order valence-electron chi connectivity index (χ0n) is 11.6. The number of aromatic hydroxyl groups is 1. The molecule has 2 aromatic carbocycles. The second-order valence-corrected chi connectivity index (χ2v) is 4.86. The van der Waals surface area contributed by atoms with E-state index in [0.717, 1.165) is 11.1 Å². The van der Waals surface area contributed by atoms with Crippen molar-refractivity contribution in [1.82, 2.24) is 0 Å². The van der Waals surface area contributed by atoms with Gasteiger partial charge in [0.05, 0.1) is 0 Å². The van der Waals surface area contributed by atoms with Crippen molar-refractivity contribution in [2.24, 2.45) is 5.73 Å². The molecule has 0 spiro atoms. The lowest BCUT2D eigenvalue weighted by Gasteiger charge is -2.10. The number of nitrogens with one attached hydrogen (secondary N) is 1. The summed E-state index contributed by atoms with van der Waals surface area (Å²) in [5.74, 6) is -0.0450. The Bertz CT molecular complexity index is 619. The van der Waals surface area contributed by atoms with E-state index >= 15 is 0 Å². The summed E-state index contributed by atoms with van der Waals surface area (Å²) in [5.41, 5.74) is 8.78. The molecule has 0 aromatic heterocycles. The predicted molar refractivity (Wildman–Crippen MR) is 79.8 cm³/mol. The Balaban J connectivity index is 2.15. The first kappa shape index (κ1) is 14.1. The quantitative estimate of drug-likeness (QED) is 0.802. The Hall–Kier alpha value is -2.33. The standard InChI is InChI=1S/C16H18N2O2/c1-10-9-14(19)7-8-15(10)16(20)18-13-5-3-12(4-6-13)11(2)17/h3-9,11,19H,17H2,1-2H3,(H,18,20). The van der Waals surface area contributed by atoms with E-state index in [4.69, 9.17) is 5.73 Å². The summed E-state index contributed by atoms with van der Waals surface area (Å²) in [4.78, 5) is 12.1. The van der Waals surface area contributed by atoms with E-state index in [2.05, 4.69) is 5.32 Å². The topological polar surface area (TPSA) is 75.3 Å². The van der Waals surface area contributed by atoms with Crippen LogP contribution in [0.15, 0.2) is 42.5 Å². The van der Waals surface area contributed by atoms with Crippen LogP contribution in [0.2, 0.25) is 0 Å². The molecule has 4 heteroatoms. The van der Waals surface area contributed by atoms with Crippen LogP contribution in [-0.2, 0) is 0 Å². The molecule has 0 aliphatic heterocycles. The lowest BCUT2D eigenvalue weighted by atomic mass is 10.1. The smallest absolute Gasteiger partial charge is 0.255 e. The van der Waals surface area contributed by atoms with E-state index in [9.17, 15) is 9.90 Å². The van der Waals surface area contributed by atoms with Crippen LogP contribution < -0.4 is 11.1 Å². The molecule has 104 valence electrons. The summed E-state index contributed by atoms with van der Waals surface area (Å²) < 4.78 is 0. The monoisotopic (exact) mass is 270 g/mol. The van der Waals surface area contributed by atoms with Crippen LogP contribution in [-0.4, -0.2) is 11.0 Å². The van der Waals surface area contributed by atoms with E-state index in [0.29, 0.717) is 11.3 Å². The highest BCUT2D eigenvalue weighted by Gasteiger charge is 2.10. The van der Waals surface area contributed by atoms with E-state index in [1.165, 1.54) is 6.07 Å². The molecule has 0 fully saturated rings. The van der Waals surface area contributed by atoms with Gasteiger partial charge in [-0.3, -0.25) is 4.79 Å². The summed E-state index contributed by atoms with van der Waals surface area (Å²) in [5, 5.41) is 12.2. The van der Waals surface area contributed by atoms with E-state index < -0.39 is 0 Å². The van der Waals surface area contributed by atoms with Crippen molar-refractivity contribution in [1.29, 1.82) is 0 Å². The molecule has 0 bridgehead atoms. The minimum atomic E-state index is -0.198. The van der Waals surface area contributed by atoms with Gasteiger partial charge in [0, 0.05) is 17.3 Å². The first-order chi connectivity index (χ1) is 9.47. The number of benzene rings is 2. The van der Waals surface area contributed by atoms with Crippen molar-refractivity contribution < 1.29 is 9.90 Å². The number of carbonyl (C=O) groups excluding carboxylic acids is 1. The van der Waals surface area contributed by atoms with Crippen LogP contribution in [0.25, 0.3) is 0 Å². The van der Waals surface area contributed by atoms with Gasteiger partial charge in [0.2, 0.25) is 0 Å². The molecule has 0 radical (unpaired) electrons. The first-order valence-electron chi connectivity index (χ1n) is 6.44. The molecule has 0 aliphatic carbocycles. The fraction of sp³-hybridized carbons (Fsp3) is 0.188. The summed E-state index contributed by atoms with van der Waals surface area (Å²) in [6.45, 7) is 3.70. The molecule has 0 saturated carbocycles. The number of nitrogens with two attached hydrogens (primary N) is 1. The minimum Gasteiger partial charge on any atom is -0.508 e. The second-order valence-electron chi connectivity index (χ2n) is 4.86. The minimum absolute atomic E-state index is 0.0286. The third kappa shape index (κ3) is 3.16. The molecular formula is C16H18N2O2. The Morgan fingerprint density at radius 1 is 1.20 bits per heavy atom. The van der Waals surface area contributed by atoms with Crippen molar-refractivity contribution in [2.75, 3.05) is 5.32 Å². The number of anilines is 1. The van der Waals surface area contributed by atoms with Crippen molar-refractivity contribution in [3.8, 4) is 5.75 Å². The Morgan fingerprint density at radius 2 is 1.85 bits per heavy atom. The van der Waals surface area contributed by atoms with Gasteiger partial charge in [-0.25, -0.2) is 0 Å². The third-order valence-electron chi connectivity index (χ3n) is 3.15. The number of aryl methyl sites for hydroxylation is 1. The van der Waals surface area contributed by atoms with E-state index in [-0.39, 0.29) is 17.7 Å². The third-order valence-corrected chi connectivity index (χ3v) is 3.15. The maximum absolute atomic E-state index is 12.1. The Labute approximate surface area is 118 Å². The molecule has 0 aliphatic rings. The number of hydrogen-bond acceptors (Lipinski definition) is 3. The maximum atomic E-state index is 12.1. The fourth-order valence-corrected chi connectivity index (χ4v) is 1.97. The molecule has 4 N–H and O–H groups in total. The number of phenols is 1. The summed E-state index contributed by atoms with van der Waals surface area (Å²) >= 11 is 0.